The highest BCUT2D eigenvalue weighted by molar-refractivity contribution is 6.33. The fourth-order valence-corrected chi connectivity index (χ4v) is 3.34. The lowest BCUT2D eigenvalue weighted by atomic mass is 9.80. The van der Waals surface area contributed by atoms with Gasteiger partial charge in [0.1, 0.15) is 0 Å². The van der Waals surface area contributed by atoms with E-state index in [9.17, 15) is 4.79 Å². The summed E-state index contributed by atoms with van der Waals surface area (Å²) in [5, 5.41) is 0.542. The van der Waals surface area contributed by atoms with Crippen molar-refractivity contribution in [2.24, 2.45) is 5.41 Å². The largest absolute Gasteiger partial charge is 0.381 e. The first-order valence-corrected chi connectivity index (χ1v) is 7.20. The Balaban J connectivity index is 1.74. The molecule has 0 N–H and O–H groups in total. The van der Waals surface area contributed by atoms with E-state index >= 15 is 0 Å². The molecule has 2 aliphatic heterocycles. The number of carbonyl (C=O) groups is 1. The summed E-state index contributed by atoms with van der Waals surface area (Å²) in [4.78, 5) is 14.5. The molecular formula is C15H18ClNO2. The fourth-order valence-electron chi connectivity index (χ4n) is 3.13. The van der Waals surface area contributed by atoms with Crippen molar-refractivity contribution in [3.63, 3.8) is 0 Å². The maximum Gasteiger partial charge on any atom is 0.255 e. The lowest BCUT2D eigenvalue weighted by molar-refractivity contribution is 0.0191. The minimum atomic E-state index is 0.0639. The average molecular weight is 280 g/mol. The van der Waals surface area contributed by atoms with Crippen LogP contribution in [0.15, 0.2) is 24.3 Å². The van der Waals surface area contributed by atoms with Crippen molar-refractivity contribution in [2.75, 3.05) is 26.3 Å². The van der Waals surface area contributed by atoms with E-state index in [0.717, 1.165) is 45.6 Å². The van der Waals surface area contributed by atoms with E-state index in [4.69, 9.17) is 16.3 Å². The number of amides is 1. The van der Waals surface area contributed by atoms with Gasteiger partial charge in [-0.05, 0) is 36.8 Å². The van der Waals surface area contributed by atoms with Gasteiger partial charge in [-0.1, -0.05) is 23.7 Å². The minimum absolute atomic E-state index is 0.0639. The molecule has 1 aromatic rings. The minimum Gasteiger partial charge on any atom is -0.381 e. The predicted molar refractivity (Wildman–Crippen MR) is 74.5 cm³/mol. The number of hydrogen-bond donors (Lipinski definition) is 0. The van der Waals surface area contributed by atoms with E-state index in [0.29, 0.717) is 10.6 Å². The van der Waals surface area contributed by atoms with Crippen molar-refractivity contribution in [1.29, 1.82) is 0 Å². The normalized spacial score (nSPS) is 21.8. The van der Waals surface area contributed by atoms with Gasteiger partial charge in [-0.15, -0.1) is 0 Å². The first-order valence-electron chi connectivity index (χ1n) is 6.82. The molecule has 2 saturated heterocycles. The van der Waals surface area contributed by atoms with Crippen LogP contribution in [0.3, 0.4) is 0 Å². The number of benzene rings is 1. The quantitative estimate of drug-likeness (QED) is 0.791. The number of ether oxygens (including phenoxy) is 1. The van der Waals surface area contributed by atoms with E-state index in [1.54, 1.807) is 12.1 Å². The summed E-state index contributed by atoms with van der Waals surface area (Å²) in [6.45, 7) is 3.34. The second-order valence-corrected chi connectivity index (χ2v) is 5.98. The fraction of sp³-hybridized carbons (Fsp3) is 0.533. The summed E-state index contributed by atoms with van der Waals surface area (Å²) >= 11 is 6.11. The van der Waals surface area contributed by atoms with Crippen LogP contribution in [0.2, 0.25) is 5.02 Å². The summed E-state index contributed by atoms with van der Waals surface area (Å²) in [6.07, 6.45) is 3.23. The Hall–Kier alpha value is -1.06. The van der Waals surface area contributed by atoms with E-state index in [-0.39, 0.29) is 11.3 Å². The first-order chi connectivity index (χ1) is 9.20. The molecule has 19 heavy (non-hydrogen) atoms. The van der Waals surface area contributed by atoms with Gasteiger partial charge in [0.15, 0.2) is 0 Å². The van der Waals surface area contributed by atoms with Crippen molar-refractivity contribution in [3.05, 3.63) is 34.9 Å². The first kappa shape index (κ1) is 12.9. The molecular weight excluding hydrogens is 262 g/mol. The van der Waals surface area contributed by atoms with E-state index in [1.807, 2.05) is 17.0 Å². The van der Waals surface area contributed by atoms with E-state index in [2.05, 4.69) is 0 Å². The molecule has 0 bridgehead atoms. The zero-order valence-electron chi connectivity index (χ0n) is 10.9. The highest BCUT2D eigenvalue weighted by Gasteiger charge is 2.41. The number of nitrogens with zero attached hydrogens (tertiary/aromatic N) is 1. The van der Waals surface area contributed by atoms with Crippen molar-refractivity contribution in [2.45, 2.75) is 19.3 Å². The van der Waals surface area contributed by atoms with Crippen LogP contribution in [0.4, 0.5) is 0 Å². The highest BCUT2D eigenvalue weighted by Crippen LogP contribution is 2.40. The molecule has 0 radical (unpaired) electrons. The molecule has 1 amide bonds. The molecule has 102 valence electrons. The third kappa shape index (κ3) is 2.49. The summed E-state index contributed by atoms with van der Waals surface area (Å²) in [7, 11) is 0. The van der Waals surface area contributed by atoms with Crippen molar-refractivity contribution < 1.29 is 9.53 Å². The van der Waals surface area contributed by atoms with E-state index < -0.39 is 0 Å². The van der Waals surface area contributed by atoms with E-state index in [1.165, 1.54) is 0 Å². The Morgan fingerprint density at radius 3 is 2.68 bits per heavy atom. The van der Waals surface area contributed by atoms with Gasteiger partial charge >= 0.3 is 0 Å². The Bertz CT molecular complexity index is 483. The van der Waals surface area contributed by atoms with Gasteiger partial charge in [0.25, 0.3) is 5.91 Å². The third-order valence-electron chi connectivity index (χ3n) is 4.38. The Morgan fingerprint density at radius 2 is 1.95 bits per heavy atom. The van der Waals surface area contributed by atoms with Crippen LogP contribution in [0, 0.1) is 5.41 Å². The van der Waals surface area contributed by atoms with Gasteiger partial charge in [-0.2, -0.15) is 0 Å². The zero-order chi connectivity index (χ0) is 13.3. The standard InChI is InChI=1S/C15H18ClNO2/c16-13-4-2-1-3-12(13)14(18)17-8-5-15(11-17)6-9-19-10-7-15/h1-4H,5-11H2. The molecule has 0 unspecified atom stereocenters. The molecule has 1 aromatic carbocycles. The van der Waals surface area contributed by atoms with Crippen LogP contribution in [0.5, 0.6) is 0 Å². The molecule has 0 saturated carbocycles. The van der Waals surface area contributed by atoms with Crippen LogP contribution < -0.4 is 0 Å². The van der Waals surface area contributed by atoms with Gasteiger partial charge in [0.2, 0.25) is 0 Å². The molecule has 4 heteroatoms. The maximum absolute atomic E-state index is 12.5. The molecule has 0 aliphatic carbocycles. The smallest absolute Gasteiger partial charge is 0.255 e. The van der Waals surface area contributed by atoms with Gasteiger partial charge in [-0.25, -0.2) is 0 Å². The molecule has 1 spiro atoms. The highest BCUT2D eigenvalue weighted by atomic mass is 35.5. The Morgan fingerprint density at radius 1 is 1.21 bits per heavy atom. The number of likely N-dealkylation sites (tertiary alicyclic amines) is 1. The Labute approximate surface area is 118 Å². The topological polar surface area (TPSA) is 29.5 Å². The zero-order valence-corrected chi connectivity index (χ0v) is 11.7. The van der Waals surface area contributed by atoms with Crippen LogP contribution in [-0.4, -0.2) is 37.1 Å². The number of halogens is 1. The molecule has 2 aliphatic rings. The monoisotopic (exact) mass is 279 g/mol. The molecule has 3 nitrogen and oxygen atoms in total. The van der Waals surface area contributed by atoms with Crippen LogP contribution in [-0.2, 0) is 4.74 Å². The molecule has 2 fully saturated rings. The average Bonchev–Trinajstić information content (AvgIpc) is 2.83. The summed E-state index contributed by atoms with van der Waals surface area (Å²) < 4.78 is 5.43. The van der Waals surface area contributed by atoms with Crippen LogP contribution >= 0.6 is 11.6 Å². The van der Waals surface area contributed by atoms with Gasteiger partial charge in [0, 0.05) is 26.3 Å². The van der Waals surface area contributed by atoms with Crippen molar-refractivity contribution in [3.8, 4) is 0 Å². The Kier molecular flexibility index (Phi) is 3.50. The SMILES string of the molecule is O=C(c1ccccc1Cl)N1CCC2(CCOCC2)C1. The number of hydrogen-bond acceptors (Lipinski definition) is 2. The van der Waals surface area contributed by atoms with Gasteiger partial charge < -0.3 is 9.64 Å². The summed E-state index contributed by atoms with van der Waals surface area (Å²) in [5.41, 5.74) is 0.906. The van der Waals surface area contributed by atoms with Crippen molar-refractivity contribution >= 4 is 17.5 Å². The maximum atomic E-state index is 12.5. The van der Waals surface area contributed by atoms with Gasteiger partial charge in [-0.3, -0.25) is 4.79 Å². The molecule has 0 aromatic heterocycles. The number of carbonyl (C=O) groups excluding carboxylic acids is 1. The van der Waals surface area contributed by atoms with Crippen LogP contribution in [0.1, 0.15) is 29.6 Å². The number of rotatable bonds is 1. The lowest BCUT2D eigenvalue weighted by Gasteiger charge is -2.33. The summed E-state index contributed by atoms with van der Waals surface area (Å²) in [5.74, 6) is 0.0639. The predicted octanol–water partition coefficient (Wildman–Crippen LogP) is 2.98. The third-order valence-corrected chi connectivity index (χ3v) is 4.71. The molecule has 0 atom stereocenters. The molecule has 3 rings (SSSR count). The van der Waals surface area contributed by atoms with Crippen LogP contribution in [0.25, 0.3) is 0 Å². The van der Waals surface area contributed by atoms with Crippen molar-refractivity contribution in [1.82, 2.24) is 4.90 Å². The van der Waals surface area contributed by atoms with Gasteiger partial charge in [0.05, 0.1) is 10.6 Å². The second kappa shape index (κ2) is 5.14. The second-order valence-electron chi connectivity index (χ2n) is 5.57. The molecule has 2 heterocycles. The lowest BCUT2D eigenvalue weighted by Crippen LogP contribution is -2.35. The summed E-state index contributed by atoms with van der Waals surface area (Å²) in [6, 6.07) is 7.29.